The summed E-state index contributed by atoms with van der Waals surface area (Å²) in [5.41, 5.74) is 11.2. The number of benzene rings is 2. The average Bonchev–Trinajstić information content (AvgIpc) is 2.45. The van der Waals surface area contributed by atoms with Crippen molar-refractivity contribution in [1.82, 2.24) is 4.90 Å². The van der Waals surface area contributed by atoms with Crippen LogP contribution in [0.3, 0.4) is 0 Å². The van der Waals surface area contributed by atoms with Gasteiger partial charge in [-0.05, 0) is 35.7 Å². The Morgan fingerprint density at radius 1 is 1.10 bits per heavy atom. The lowest BCUT2D eigenvalue weighted by Crippen LogP contribution is -2.33. The predicted molar refractivity (Wildman–Crippen MR) is 84.7 cm³/mol. The maximum absolute atomic E-state index is 6.05. The van der Waals surface area contributed by atoms with E-state index in [0.29, 0.717) is 5.92 Å². The van der Waals surface area contributed by atoms with Crippen LogP contribution < -0.4 is 5.73 Å². The fourth-order valence-electron chi connectivity index (χ4n) is 3.06. The summed E-state index contributed by atoms with van der Waals surface area (Å²) < 4.78 is 0. The van der Waals surface area contributed by atoms with Gasteiger partial charge in [0, 0.05) is 24.7 Å². The van der Waals surface area contributed by atoms with Crippen LogP contribution in [0, 0.1) is 0 Å². The molecule has 1 aliphatic carbocycles. The molecule has 2 nitrogen and oxygen atoms in total. The molecule has 20 heavy (non-hydrogen) atoms. The van der Waals surface area contributed by atoms with Gasteiger partial charge in [0.15, 0.2) is 0 Å². The number of hydrogen-bond donors (Lipinski definition) is 1. The van der Waals surface area contributed by atoms with Gasteiger partial charge in [-0.25, -0.2) is 0 Å². The third-order valence-corrected chi connectivity index (χ3v) is 4.34. The second kappa shape index (κ2) is 5.68. The fourth-order valence-corrected chi connectivity index (χ4v) is 3.06. The molecule has 1 atom stereocenters. The summed E-state index contributed by atoms with van der Waals surface area (Å²) in [7, 11) is 0. The lowest BCUT2D eigenvalue weighted by Gasteiger charge is -2.34. The van der Waals surface area contributed by atoms with Crippen molar-refractivity contribution in [2.75, 3.05) is 18.8 Å². The zero-order valence-corrected chi connectivity index (χ0v) is 12.0. The summed E-state index contributed by atoms with van der Waals surface area (Å²) in [6.07, 6.45) is 1.22. The van der Waals surface area contributed by atoms with Gasteiger partial charge in [0.2, 0.25) is 0 Å². The maximum atomic E-state index is 6.05. The van der Waals surface area contributed by atoms with Gasteiger partial charge < -0.3 is 5.73 Å². The zero-order chi connectivity index (χ0) is 13.9. The van der Waals surface area contributed by atoms with Gasteiger partial charge in [0.25, 0.3) is 0 Å². The first-order valence-electron chi connectivity index (χ1n) is 7.41. The minimum absolute atomic E-state index is 0.691. The Kier molecular flexibility index (Phi) is 3.75. The van der Waals surface area contributed by atoms with E-state index in [9.17, 15) is 0 Å². The van der Waals surface area contributed by atoms with Crippen molar-refractivity contribution < 1.29 is 0 Å². The molecule has 2 N–H and O–H groups in total. The molecular weight excluding hydrogens is 244 g/mol. The summed E-state index contributed by atoms with van der Waals surface area (Å²) >= 11 is 0. The number of likely N-dealkylation sites (N-methyl/N-ethyl adjacent to an activating group) is 1. The predicted octanol–water partition coefficient (Wildman–Crippen LogP) is 3.43. The average molecular weight is 266 g/mol. The molecule has 104 valence electrons. The molecule has 2 aromatic rings. The van der Waals surface area contributed by atoms with E-state index in [-0.39, 0.29) is 0 Å². The topological polar surface area (TPSA) is 29.3 Å². The van der Waals surface area contributed by atoms with Crippen LogP contribution in [0.1, 0.15) is 29.5 Å². The van der Waals surface area contributed by atoms with Crippen LogP contribution in [-0.2, 0) is 13.0 Å². The van der Waals surface area contributed by atoms with Gasteiger partial charge in [0.05, 0.1) is 0 Å². The van der Waals surface area contributed by atoms with Crippen LogP contribution in [0.5, 0.6) is 0 Å². The number of rotatable bonds is 5. The van der Waals surface area contributed by atoms with Crippen molar-refractivity contribution >= 4 is 5.69 Å². The van der Waals surface area contributed by atoms with Gasteiger partial charge in [-0.2, -0.15) is 0 Å². The molecule has 0 bridgehead atoms. The molecular formula is C18H22N2. The third-order valence-electron chi connectivity index (χ3n) is 4.34. The minimum Gasteiger partial charge on any atom is -0.398 e. The lowest BCUT2D eigenvalue weighted by atomic mass is 9.77. The largest absolute Gasteiger partial charge is 0.398 e. The SMILES string of the molecule is CCN(Cc1ccccc1N)CC1Cc2ccccc21. The van der Waals surface area contributed by atoms with Crippen molar-refractivity contribution in [2.24, 2.45) is 0 Å². The van der Waals surface area contributed by atoms with Crippen molar-refractivity contribution in [2.45, 2.75) is 25.8 Å². The normalized spacial score (nSPS) is 16.8. The zero-order valence-electron chi connectivity index (χ0n) is 12.0. The first-order valence-corrected chi connectivity index (χ1v) is 7.41. The number of para-hydroxylation sites is 1. The summed E-state index contributed by atoms with van der Waals surface area (Å²) in [6, 6.07) is 17.0. The van der Waals surface area contributed by atoms with Crippen LogP contribution >= 0.6 is 0 Å². The van der Waals surface area contributed by atoms with E-state index in [1.54, 1.807) is 0 Å². The van der Waals surface area contributed by atoms with Gasteiger partial charge in [0.1, 0.15) is 0 Å². The Hall–Kier alpha value is -1.80. The van der Waals surface area contributed by atoms with Crippen molar-refractivity contribution in [3.8, 4) is 0 Å². The molecule has 0 aromatic heterocycles. The van der Waals surface area contributed by atoms with Crippen LogP contribution in [0.25, 0.3) is 0 Å². The van der Waals surface area contributed by atoms with E-state index in [1.807, 2.05) is 12.1 Å². The second-order valence-corrected chi connectivity index (χ2v) is 5.63. The molecule has 0 fully saturated rings. The first kappa shape index (κ1) is 13.2. The van der Waals surface area contributed by atoms with E-state index in [1.165, 1.54) is 23.1 Å². The van der Waals surface area contributed by atoms with Gasteiger partial charge in [-0.15, -0.1) is 0 Å². The molecule has 2 aromatic carbocycles. The Morgan fingerprint density at radius 3 is 2.60 bits per heavy atom. The van der Waals surface area contributed by atoms with Crippen LogP contribution in [-0.4, -0.2) is 18.0 Å². The van der Waals surface area contributed by atoms with E-state index in [2.05, 4.69) is 48.2 Å². The van der Waals surface area contributed by atoms with E-state index in [0.717, 1.165) is 25.3 Å². The fraction of sp³-hybridized carbons (Fsp3) is 0.333. The summed E-state index contributed by atoms with van der Waals surface area (Å²) in [4.78, 5) is 2.49. The Morgan fingerprint density at radius 2 is 1.85 bits per heavy atom. The molecule has 1 aliphatic rings. The van der Waals surface area contributed by atoms with E-state index >= 15 is 0 Å². The number of nitrogens with zero attached hydrogens (tertiary/aromatic N) is 1. The standard InChI is InChI=1S/C18H22N2/c1-2-20(12-15-8-4-6-10-18(15)19)13-16-11-14-7-3-5-9-17(14)16/h3-10,16H,2,11-13,19H2,1H3. The highest BCUT2D eigenvalue weighted by molar-refractivity contribution is 5.46. The summed E-state index contributed by atoms with van der Waals surface area (Å²) in [6.45, 7) is 5.36. The number of fused-ring (bicyclic) bond motifs is 1. The van der Waals surface area contributed by atoms with Gasteiger partial charge >= 0.3 is 0 Å². The molecule has 0 radical (unpaired) electrons. The molecule has 0 heterocycles. The summed E-state index contributed by atoms with van der Waals surface area (Å²) in [5, 5.41) is 0. The quantitative estimate of drug-likeness (QED) is 0.840. The Bertz CT molecular complexity index is 591. The van der Waals surface area contributed by atoms with E-state index in [4.69, 9.17) is 5.73 Å². The smallest absolute Gasteiger partial charge is 0.0359 e. The lowest BCUT2D eigenvalue weighted by molar-refractivity contribution is 0.252. The monoisotopic (exact) mass is 266 g/mol. The van der Waals surface area contributed by atoms with E-state index < -0.39 is 0 Å². The molecule has 3 rings (SSSR count). The molecule has 2 heteroatoms. The Balaban J connectivity index is 1.66. The molecule has 0 saturated carbocycles. The highest BCUT2D eigenvalue weighted by Crippen LogP contribution is 2.35. The van der Waals surface area contributed by atoms with Crippen LogP contribution in [0.15, 0.2) is 48.5 Å². The maximum Gasteiger partial charge on any atom is 0.0359 e. The van der Waals surface area contributed by atoms with Crippen LogP contribution in [0.4, 0.5) is 5.69 Å². The number of nitrogens with two attached hydrogens (primary N) is 1. The highest BCUT2D eigenvalue weighted by atomic mass is 15.1. The van der Waals surface area contributed by atoms with Crippen molar-refractivity contribution in [1.29, 1.82) is 0 Å². The molecule has 1 unspecified atom stereocenters. The number of hydrogen-bond acceptors (Lipinski definition) is 2. The third kappa shape index (κ3) is 2.56. The van der Waals surface area contributed by atoms with Crippen LogP contribution in [0.2, 0.25) is 0 Å². The Labute approximate surface area is 121 Å². The van der Waals surface area contributed by atoms with Crippen molar-refractivity contribution in [3.05, 3.63) is 65.2 Å². The van der Waals surface area contributed by atoms with Crippen molar-refractivity contribution in [3.63, 3.8) is 0 Å². The van der Waals surface area contributed by atoms with Gasteiger partial charge in [-0.1, -0.05) is 49.4 Å². The first-order chi connectivity index (χ1) is 9.78. The molecule has 0 spiro atoms. The number of nitrogen functional groups attached to an aromatic ring is 1. The summed E-state index contributed by atoms with van der Waals surface area (Å²) in [5.74, 6) is 0.691. The highest BCUT2D eigenvalue weighted by Gasteiger charge is 2.26. The molecule has 0 saturated heterocycles. The second-order valence-electron chi connectivity index (χ2n) is 5.63. The molecule has 0 aliphatic heterocycles. The molecule has 0 amide bonds. The number of anilines is 1. The van der Waals surface area contributed by atoms with Gasteiger partial charge in [-0.3, -0.25) is 4.90 Å². The minimum atomic E-state index is 0.691.